The molecule has 0 radical (unpaired) electrons. The van der Waals surface area contributed by atoms with Crippen LogP contribution in [0.2, 0.25) is 0 Å². The van der Waals surface area contributed by atoms with Gasteiger partial charge in [0.15, 0.2) is 17.0 Å². The molecule has 92 valence electrons. The van der Waals surface area contributed by atoms with E-state index in [1.165, 1.54) is 19.3 Å². The van der Waals surface area contributed by atoms with E-state index in [1.807, 2.05) is 25.3 Å². The van der Waals surface area contributed by atoms with Crippen LogP contribution in [0.25, 0.3) is 11.2 Å². The number of hydrogen-bond donors (Lipinski definition) is 0. The van der Waals surface area contributed by atoms with E-state index in [4.69, 9.17) is 0 Å². The molecule has 0 aliphatic carbocycles. The van der Waals surface area contributed by atoms with Gasteiger partial charge in [0.2, 0.25) is 0 Å². The normalized spacial score (nSPS) is 11.0. The van der Waals surface area contributed by atoms with Crippen molar-refractivity contribution in [3.8, 4) is 0 Å². The molecular formula is C12H19N5. The highest BCUT2D eigenvalue weighted by molar-refractivity contribution is 5.82. The van der Waals surface area contributed by atoms with Crippen molar-refractivity contribution in [1.29, 1.82) is 0 Å². The molecule has 2 rings (SSSR count). The molecule has 2 aromatic heterocycles. The first-order chi connectivity index (χ1) is 8.24. The molecule has 2 aromatic rings. The molecule has 0 aliphatic rings. The van der Waals surface area contributed by atoms with Crippen LogP contribution in [0.15, 0.2) is 12.7 Å². The lowest BCUT2D eigenvalue weighted by atomic mass is 10.2. The van der Waals surface area contributed by atoms with Crippen LogP contribution < -0.4 is 4.90 Å². The average Bonchev–Trinajstić information content (AvgIpc) is 2.72. The molecule has 0 spiro atoms. The summed E-state index contributed by atoms with van der Waals surface area (Å²) in [5.74, 6) is 0.879. The van der Waals surface area contributed by atoms with Crippen LogP contribution in [0.5, 0.6) is 0 Å². The third kappa shape index (κ3) is 2.38. The molecule has 17 heavy (non-hydrogen) atoms. The van der Waals surface area contributed by atoms with Crippen LogP contribution in [0.1, 0.15) is 26.2 Å². The molecule has 0 unspecified atom stereocenters. The number of hydrogen-bond acceptors (Lipinski definition) is 4. The molecule has 5 nitrogen and oxygen atoms in total. The fourth-order valence-electron chi connectivity index (χ4n) is 1.89. The number of imidazole rings is 1. The number of fused-ring (bicyclic) bond motifs is 1. The Bertz CT molecular complexity index is 489. The standard InChI is InChI=1S/C12H19N5/c1-4-5-6-7-17-9-15-10-11(16(2)3)13-8-14-12(10)17/h8-9H,4-7H2,1-3H3. The summed E-state index contributed by atoms with van der Waals surface area (Å²) in [7, 11) is 3.94. The van der Waals surface area contributed by atoms with Gasteiger partial charge in [0, 0.05) is 20.6 Å². The van der Waals surface area contributed by atoms with Crippen molar-refractivity contribution in [2.45, 2.75) is 32.7 Å². The van der Waals surface area contributed by atoms with Gasteiger partial charge in [0.05, 0.1) is 6.33 Å². The highest BCUT2D eigenvalue weighted by Crippen LogP contribution is 2.19. The number of rotatable bonds is 5. The second kappa shape index (κ2) is 5.12. The van der Waals surface area contributed by atoms with Gasteiger partial charge < -0.3 is 9.47 Å². The van der Waals surface area contributed by atoms with Gasteiger partial charge in [-0.15, -0.1) is 0 Å². The Labute approximate surface area is 102 Å². The molecule has 0 aromatic carbocycles. The number of aryl methyl sites for hydroxylation is 1. The average molecular weight is 233 g/mol. The zero-order valence-corrected chi connectivity index (χ0v) is 10.7. The summed E-state index contributed by atoms with van der Waals surface area (Å²) in [5, 5.41) is 0. The third-order valence-corrected chi connectivity index (χ3v) is 2.81. The number of anilines is 1. The minimum absolute atomic E-state index is 0.879. The molecule has 0 bridgehead atoms. The van der Waals surface area contributed by atoms with Crippen LogP contribution >= 0.6 is 0 Å². The topological polar surface area (TPSA) is 46.8 Å². The fraction of sp³-hybridized carbons (Fsp3) is 0.583. The maximum atomic E-state index is 4.41. The Kier molecular flexibility index (Phi) is 3.56. The first-order valence-electron chi connectivity index (χ1n) is 6.07. The highest BCUT2D eigenvalue weighted by atomic mass is 15.2. The Morgan fingerprint density at radius 1 is 1.18 bits per heavy atom. The number of aromatic nitrogens is 4. The quantitative estimate of drug-likeness (QED) is 0.742. The third-order valence-electron chi connectivity index (χ3n) is 2.81. The van der Waals surface area contributed by atoms with Gasteiger partial charge in [0.25, 0.3) is 0 Å². The largest absolute Gasteiger partial charge is 0.361 e. The molecule has 0 saturated carbocycles. The van der Waals surface area contributed by atoms with E-state index >= 15 is 0 Å². The number of unbranched alkanes of at least 4 members (excludes halogenated alkanes) is 2. The molecule has 0 saturated heterocycles. The van der Waals surface area contributed by atoms with Gasteiger partial charge in [-0.25, -0.2) is 15.0 Å². The summed E-state index contributed by atoms with van der Waals surface area (Å²) < 4.78 is 2.11. The highest BCUT2D eigenvalue weighted by Gasteiger charge is 2.10. The molecule has 0 N–H and O–H groups in total. The van der Waals surface area contributed by atoms with Gasteiger partial charge >= 0.3 is 0 Å². The van der Waals surface area contributed by atoms with Gasteiger partial charge in [-0.3, -0.25) is 0 Å². The smallest absolute Gasteiger partial charge is 0.165 e. The number of nitrogens with zero attached hydrogens (tertiary/aromatic N) is 5. The lowest BCUT2D eigenvalue weighted by Gasteiger charge is -2.10. The molecule has 0 atom stereocenters. The van der Waals surface area contributed by atoms with Crippen molar-refractivity contribution in [3.05, 3.63) is 12.7 Å². The SMILES string of the molecule is CCCCCn1cnc2c(N(C)C)ncnc21. The lowest BCUT2D eigenvalue weighted by molar-refractivity contribution is 0.610. The van der Waals surface area contributed by atoms with Crippen molar-refractivity contribution in [1.82, 2.24) is 19.5 Å². The van der Waals surface area contributed by atoms with Crippen LogP contribution in [-0.4, -0.2) is 33.6 Å². The predicted molar refractivity (Wildman–Crippen MR) is 69.2 cm³/mol. The second-order valence-corrected chi connectivity index (χ2v) is 4.41. The minimum Gasteiger partial charge on any atom is -0.361 e. The molecule has 2 heterocycles. The molecule has 0 fully saturated rings. The Balaban J connectivity index is 2.31. The van der Waals surface area contributed by atoms with E-state index in [9.17, 15) is 0 Å². The zero-order chi connectivity index (χ0) is 12.3. The lowest BCUT2D eigenvalue weighted by Crippen LogP contribution is -2.11. The van der Waals surface area contributed by atoms with E-state index in [-0.39, 0.29) is 0 Å². The van der Waals surface area contributed by atoms with Crippen LogP contribution in [0.4, 0.5) is 5.82 Å². The van der Waals surface area contributed by atoms with Crippen molar-refractivity contribution in [2.75, 3.05) is 19.0 Å². The summed E-state index contributed by atoms with van der Waals surface area (Å²) in [5.41, 5.74) is 1.81. The van der Waals surface area contributed by atoms with E-state index in [2.05, 4.69) is 26.4 Å². The zero-order valence-electron chi connectivity index (χ0n) is 10.7. The van der Waals surface area contributed by atoms with Crippen LogP contribution in [-0.2, 0) is 6.54 Å². The summed E-state index contributed by atoms with van der Waals surface area (Å²) in [6.45, 7) is 3.19. The predicted octanol–water partition coefficient (Wildman–Crippen LogP) is 2.08. The van der Waals surface area contributed by atoms with Gasteiger partial charge in [-0.1, -0.05) is 19.8 Å². The summed E-state index contributed by atoms with van der Waals surface area (Å²) in [6, 6.07) is 0. The van der Waals surface area contributed by atoms with Crippen molar-refractivity contribution in [2.24, 2.45) is 0 Å². The molecule has 0 aliphatic heterocycles. The van der Waals surface area contributed by atoms with Crippen molar-refractivity contribution in [3.63, 3.8) is 0 Å². The van der Waals surface area contributed by atoms with E-state index in [1.54, 1.807) is 6.33 Å². The first-order valence-corrected chi connectivity index (χ1v) is 6.07. The van der Waals surface area contributed by atoms with Crippen molar-refractivity contribution >= 4 is 17.0 Å². The maximum Gasteiger partial charge on any atom is 0.165 e. The van der Waals surface area contributed by atoms with Gasteiger partial charge in [-0.2, -0.15) is 0 Å². The molecule has 0 amide bonds. The first kappa shape index (κ1) is 11.8. The van der Waals surface area contributed by atoms with Gasteiger partial charge in [0.1, 0.15) is 6.33 Å². The minimum atomic E-state index is 0.879. The van der Waals surface area contributed by atoms with Crippen LogP contribution in [0, 0.1) is 0 Å². The molecule has 5 heteroatoms. The van der Waals surface area contributed by atoms with E-state index in [0.717, 1.165) is 23.5 Å². The van der Waals surface area contributed by atoms with E-state index in [0.29, 0.717) is 0 Å². The summed E-state index contributed by atoms with van der Waals surface area (Å²) >= 11 is 0. The Hall–Kier alpha value is -1.65. The summed E-state index contributed by atoms with van der Waals surface area (Å²) in [4.78, 5) is 15.0. The maximum absolute atomic E-state index is 4.41. The Morgan fingerprint density at radius 3 is 2.71 bits per heavy atom. The fourth-order valence-corrected chi connectivity index (χ4v) is 1.89. The summed E-state index contributed by atoms with van der Waals surface area (Å²) in [6.07, 6.45) is 7.11. The van der Waals surface area contributed by atoms with Gasteiger partial charge in [-0.05, 0) is 6.42 Å². The second-order valence-electron chi connectivity index (χ2n) is 4.41. The monoisotopic (exact) mass is 233 g/mol. The Morgan fingerprint density at radius 2 is 2.00 bits per heavy atom. The van der Waals surface area contributed by atoms with E-state index < -0.39 is 0 Å². The van der Waals surface area contributed by atoms with Crippen molar-refractivity contribution < 1.29 is 0 Å². The molecular weight excluding hydrogens is 214 g/mol. The van der Waals surface area contributed by atoms with Crippen LogP contribution in [0.3, 0.4) is 0 Å².